The van der Waals surface area contributed by atoms with E-state index in [2.05, 4.69) is 23.1 Å². The van der Waals surface area contributed by atoms with Gasteiger partial charge in [0.2, 0.25) is 0 Å². The summed E-state index contributed by atoms with van der Waals surface area (Å²) >= 11 is 0. The Morgan fingerprint density at radius 1 is 1.22 bits per heavy atom. The van der Waals surface area contributed by atoms with Crippen molar-refractivity contribution in [2.75, 3.05) is 13.1 Å². The lowest BCUT2D eigenvalue weighted by atomic mass is 9.97. The number of nitrogens with zero attached hydrogens (tertiary/aromatic N) is 2. The molecule has 2 aromatic carbocycles. The van der Waals surface area contributed by atoms with E-state index in [9.17, 15) is 10.4 Å². The van der Waals surface area contributed by atoms with Crippen molar-refractivity contribution in [3.8, 4) is 11.8 Å². The van der Waals surface area contributed by atoms with Crippen molar-refractivity contribution in [2.24, 2.45) is 0 Å². The van der Waals surface area contributed by atoms with Gasteiger partial charge in [-0.3, -0.25) is 4.90 Å². The van der Waals surface area contributed by atoms with Gasteiger partial charge in [-0.1, -0.05) is 36.4 Å². The predicted molar refractivity (Wildman–Crippen MR) is 91.9 cm³/mol. The summed E-state index contributed by atoms with van der Waals surface area (Å²) in [6.45, 7) is 4.51. The second-order valence-corrected chi connectivity index (χ2v) is 6.00. The minimum atomic E-state index is 0.353. The number of aryl methyl sites for hydroxylation is 1. The molecule has 23 heavy (non-hydrogen) atoms. The van der Waals surface area contributed by atoms with Crippen LogP contribution in [0.5, 0.6) is 5.75 Å². The van der Waals surface area contributed by atoms with Crippen LogP contribution in [0.4, 0.5) is 0 Å². The molecule has 2 aromatic rings. The molecule has 0 aliphatic carbocycles. The highest BCUT2D eigenvalue weighted by Crippen LogP contribution is 2.25. The van der Waals surface area contributed by atoms with Crippen molar-refractivity contribution in [3.05, 3.63) is 70.8 Å². The average molecular weight is 304 g/mol. The first-order chi connectivity index (χ1) is 11.2. The number of para-hydroxylation sites is 1. The summed E-state index contributed by atoms with van der Waals surface area (Å²) in [6.07, 6.45) is 3.24. The Labute approximate surface area is 137 Å². The SMILES string of the molecule is Cc1ccc(C2=CCCN(Cc3ccccc3O)C2)cc1C#N. The van der Waals surface area contributed by atoms with E-state index in [4.69, 9.17) is 0 Å². The zero-order valence-corrected chi connectivity index (χ0v) is 13.3. The maximum atomic E-state index is 9.95. The van der Waals surface area contributed by atoms with Gasteiger partial charge in [0.1, 0.15) is 5.75 Å². The zero-order chi connectivity index (χ0) is 16.2. The molecule has 0 saturated carbocycles. The minimum absolute atomic E-state index is 0.353. The number of nitriles is 1. The molecule has 0 aromatic heterocycles. The molecule has 1 aliphatic heterocycles. The monoisotopic (exact) mass is 304 g/mol. The van der Waals surface area contributed by atoms with Gasteiger partial charge in [0.05, 0.1) is 11.6 Å². The molecular weight excluding hydrogens is 284 g/mol. The molecule has 3 rings (SSSR count). The third kappa shape index (κ3) is 3.44. The van der Waals surface area contributed by atoms with E-state index in [0.29, 0.717) is 5.75 Å². The molecule has 3 nitrogen and oxygen atoms in total. The maximum absolute atomic E-state index is 9.95. The second-order valence-electron chi connectivity index (χ2n) is 6.00. The number of benzene rings is 2. The van der Waals surface area contributed by atoms with Crippen molar-refractivity contribution < 1.29 is 5.11 Å². The van der Waals surface area contributed by atoms with Gasteiger partial charge in [0, 0.05) is 25.2 Å². The van der Waals surface area contributed by atoms with Crippen LogP contribution in [0.3, 0.4) is 0 Å². The molecule has 3 heteroatoms. The summed E-state index contributed by atoms with van der Waals surface area (Å²) in [5.74, 6) is 0.353. The van der Waals surface area contributed by atoms with E-state index in [1.54, 1.807) is 6.07 Å². The summed E-state index contributed by atoms with van der Waals surface area (Å²) < 4.78 is 0. The van der Waals surface area contributed by atoms with Crippen molar-refractivity contribution in [1.82, 2.24) is 4.90 Å². The number of hydrogen-bond donors (Lipinski definition) is 1. The predicted octanol–water partition coefficient (Wildman–Crippen LogP) is 3.86. The third-order valence-electron chi connectivity index (χ3n) is 4.34. The van der Waals surface area contributed by atoms with Gasteiger partial charge < -0.3 is 5.11 Å². The molecule has 0 bridgehead atoms. The average Bonchev–Trinajstić information content (AvgIpc) is 2.58. The molecular formula is C20H20N2O. The summed E-state index contributed by atoms with van der Waals surface area (Å²) in [5, 5.41) is 19.2. The Balaban J connectivity index is 1.77. The van der Waals surface area contributed by atoms with E-state index < -0.39 is 0 Å². The highest BCUT2D eigenvalue weighted by molar-refractivity contribution is 5.69. The first kappa shape index (κ1) is 15.3. The van der Waals surface area contributed by atoms with Crippen LogP contribution in [0.25, 0.3) is 5.57 Å². The third-order valence-corrected chi connectivity index (χ3v) is 4.34. The number of phenols is 1. The molecule has 0 saturated heterocycles. The molecule has 0 fully saturated rings. The van der Waals surface area contributed by atoms with Gasteiger partial charge >= 0.3 is 0 Å². The van der Waals surface area contributed by atoms with Gasteiger partial charge in [-0.15, -0.1) is 0 Å². The van der Waals surface area contributed by atoms with Crippen LogP contribution in [0.15, 0.2) is 48.5 Å². The fraction of sp³-hybridized carbons (Fsp3) is 0.250. The van der Waals surface area contributed by atoms with Crippen LogP contribution in [-0.4, -0.2) is 23.1 Å². The Morgan fingerprint density at radius 3 is 2.83 bits per heavy atom. The normalized spacial score (nSPS) is 15.0. The van der Waals surface area contributed by atoms with Crippen LogP contribution < -0.4 is 0 Å². The van der Waals surface area contributed by atoms with E-state index in [-0.39, 0.29) is 0 Å². The minimum Gasteiger partial charge on any atom is -0.508 e. The van der Waals surface area contributed by atoms with Crippen LogP contribution >= 0.6 is 0 Å². The lowest BCUT2D eigenvalue weighted by Crippen LogP contribution is -2.29. The van der Waals surface area contributed by atoms with Crippen LogP contribution in [0, 0.1) is 18.3 Å². The van der Waals surface area contributed by atoms with E-state index in [1.165, 1.54) is 5.57 Å². The molecule has 0 atom stereocenters. The van der Waals surface area contributed by atoms with Crippen molar-refractivity contribution in [1.29, 1.82) is 5.26 Å². The molecule has 0 radical (unpaired) electrons. The summed E-state index contributed by atoms with van der Waals surface area (Å²) in [6, 6.07) is 15.8. The summed E-state index contributed by atoms with van der Waals surface area (Å²) in [7, 11) is 0. The van der Waals surface area contributed by atoms with Crippen molar-refractivity contribution >= 4 is 5.57 Å². The summed E-state index contributed by atoms with van der Waals surface area (Å²) in [5.41, 5.74) is 5.08. The number of aromatic hydroxyl groups is 1. The Hall–Kier alpha value is -2.57. The first-order valence-electron chi connectivity index (χ1n) is 7.87. The fourth-order valence-electron chi connectivity index (χ4n) is 2.98. The van der Waals surface area contributed by atoms with Gasteiger partial charge in [-0.2, -0.15) is 5.26 Å². The fourth-order valence-corrected chi connectivity index (χ4v) is 2.98. The van der Waals surface area contributed by atoms with Crippen LogP contribution in [0.1, 0.15) is 28.7 Å². The van der Waals surface area contributed by atoms with E-state index in [0.717, 1.165) is 48.3 Å². The highest BCUT2D eigenvalue weighted by atomic mass is 16.3. The van der Waals surface area contributed by atoms with Gasteiger partial charge in [-0.25, -0.2) is 0 Å². The Kier molecular flexibility index (Phi) is 4.45. The maximum Gasteiger partial charge on any atom is 0.120 e. The first-order valence-corrected chi connectivity index (χ1v) is 7.87. The number of hydrogen-bond acceptors (Lipinski definition) is 3. The lowest BCUT2D eigenvalue weighted by Gasteiger charge is -2.28. The van der Waals surface area contributed by atoms with Crippen molar-refractivity contribution in [2.45, 2.75) is 19.9 Å². The molecule has 0 spiro atoms. The second kappa shape index (κ2) is 6.68. The molecule has 1 aliphatic rings. The molecule has 1 heterocycles. The van der Waals surface area contributed by atoms with Gasteiger partial charge in [0.15, 0.2) is 0 Å². The Morgan fingerprint density at radius 2 is 2.04 bits per heavy atom. The van der Waals surface area contributed by atoms with Gasteiger partial charge in [0.25, 0.3) is 0 Å². The summed E-state index contributed by atoms with van der Waals surface area (Å²) in [4.78, 5) is 2.33. The smallest absolute Gasteiger partial charge is 0.120 e. The lowest BCUT2D eigenvalue weighted by molar-refractivity contribution is 0.291. The van der Waals surface area contributed by atoms with E-state index >= 15 is 0 Å². The standard InChI is InChI=1S/C20H20N2O/c1-15-8-9-16(11-19(15)12-21)17-6-4-10-22(13-17)14-18-5-2-3-7-20(18)23/h2-3,5-9,11,23H,4,10,13-14H2,1H3. The highest BCUT2D eigenvalue weighted by Gasteiger charge is 2.16. The molecule has 0 amide bonds. The van der Waals surface area contributed by atoms with Crippen molar-refractivity contribution in [3.63, 3.8) is 0 Å². The van der Waals surface area contributed by atoms with Gasteiger partial charge in [-0.05, 0) is 42.2 Å². The molecule has 1 N–H and O–H groups in total. The van der Waals surface area contributed by atoms with Crippen LogP contribution in [-0.2, 0) is 6.54 Å². The largest absolute Gasteiger partial charge is 0.508 e. The molecule has 0 unspecified atom stereocenters. The zero-order valence-electron chi connectivity index (χ0n) is 13.3. The number of rotatable bonds is 3. The van der Waals surface area contributed by atoms with E-state index in [1.807, 2.05) is 37.3 Å². The quantitative estimate of drug-likeness (QED) is 0.936. The van der Waals surface area contributed by atoms with Crippen LogP contribution in [0.2, 0.25) is 0 Å². The topological polar surface area (TPSA) is 47.3 Å². The molecule has 116 valence electrons. The Bertz CT molecular complexity index is 786. The number of phenolic OH excluding ortho intramolecular Hbond substituents is 1.